The zero-order chi connectivity index (χ0) is 35.7. The van der Waals surface area contributed by atoms with E-state index in [4.69, 9.17) is 21.4 Å². The molecule has 0 spiro atoms. The fourth-order valence-corrected chi connectivity index (χ4v) is 6.76. The third-order valence-corrected chi connectivity index (χ3v) is 10.5. The van der Waals surface area contributed by atoms with Crippen LogP contribution in [0.25, 0.3) is 11.1 Å². The molecule has 1 heterocycles. The molecular weight excluding hydrogens is 658 g/mol. The first kappa shape index (κ1) is 38.0. The molecule has 0 aliphatic heterocycles. The Bertz CT molecular complexity index is 1550. The van der Waals surface area contributed by atoms with Crippen molar-refractivity contribution in [3.05, 3.63) is 82.6 Å². The van der Waals surface area contributed by atoms with Gasteiger partial charge in [-0.05, 0) is 103 Å². The molecular formula is C39H52ClN3O7. The summed E-state index contributed by atoms with van der Waals surface area (Å²) in [6.07, 6.45) is 7.84. The Balaban J connectivity index is 1.06. The number of aliphatic hydroxyl groups excluding tert-OH is 5. The highest BCUT2D eigenvalue weighted by Gasteiger charge is 2.45. The Labute approximate surface area is 299 Å². The maximum Gasteiger partial charge on any atom is 0.314 e. The molecule has 7 N–H and O–H groups in total. The van der Waals surface area contributed by atoms with Crippen LogP contribution in [-0.4, -0.2) is 86.8 Å². The number of nitrogens with zero attached hydrogens (tertiary/aromatic N) is 1. The normalized spacial score (nSPS) is 18.1. The van der Waals surface area contributed by atoms with Crippen LogP contribution < -0.4 is 15.4 Å². The van der Waals surface area contributed by atoms with Crippen LogP contribution in [0.5, 0.6) is 5.75 Å². The smallest absolute Gasteiger partial charge is 0.314 e. The van der Waals surface area contributed by atoms with Crippen molar-refractivity contribution in [3.8, 4) is 16.9 Å². The molecule has 11 heteroatoms. The van der Waals surface area contributed by atoms with Gasteiger partial charge in [-0.25, -0.2) is 4.79 Å². The van der Waals surface area contributed by atoms with Crippen molar-refractivity contribution < 1.29 is 35.1 Å². The van der Waals surface area contributed by atoms with Crippen LogP contribution in [0.1, 0.15) is 87.3 Å². The lowest BCUT2D eigenvalue weighted by atomic mass is 9.84. The first-order valence-corrected chi connectivity index (χ1v) is 18.3. The minimum absolute atomic E-state index is 0.0829. The molecule has 1 unspecified atom stereocenters. The summed E-state index contributed by atoms with van der Waals surface area (Å²) in [5.41, 5.74) is 6.19. The number of unbranched alkanes of at least 4 members (excludes halogenated alkanes) is 2. The van der Waals surface area contributed by atoms with E-state index in [1.54, 1.807) is 0 Å². The predicted molar refractivity (Wildman–Crippen MR) is 193 cm³/mol. The molecule has 1 aromatic heterocycles. The quantitative estimate of drug-likeness (QED) is 0.0806. The number of rotatable bonds is 20. The Hall–Kier alpha value is -3.25. The van der Waals surface area contributed by atoms with Gasteiger partial charge in [0.1, 0.15) is 24.1 Å². The molecule has 3 aromatic rings. The van der Waals surface area contributed by atoms with Crippen molar-refractivity contribution in [2.24, 2.45) is 0 Å². The second-order valence-corrected chi connectivity index (χ2v) is 14.5. The van der Waals surface area contributed by atoms with Gasteiger partial charge in [0.05, 0.1) is 18.8 Å². The van der Waals surface area contributed by atoms with Crippen LogP contribution in [0.4, 0.5) is 4.79 Å². The summed E-state index contributed by atoms with van der Waals surface area (Å²) in [6.45, 7) is 1.61. The number of aryl methyl sites for hydroxylation is 1. The van der Waals surface area contributed by atoms with E-state index in [9.17, 15) is 25.2 Å². The summed E-state index contributed by atoms with van der Waals surface area (Å²) in [5.74, 6) is 1.31. The summed E-state index contributed by atoms with van der Waals surface area (Å²) in [6, 6.07) is 16.4. The van der Waals surface area contributed by atoms with Gasteiger partial charge in [-0.3, -0.25) is 4.98 Å². The minimum atomic E-state index is -1.73. The molecule has 5 rings (SSSR count). The average molecular weight is 710 g/mol. The number of amides is 2. The van der Waals surface area contributed by atoms with Gasteiger partial charge in [-0.1, -0.05) is 61.7 Å². The third kappa shape index (κ3) is 10.2. The number of para-hydroxylation sites is 1. The molecule has 2 saturated carbocycles. The van der Waals surface area contributed by atoms with Crippen molar-refractivity contribution >= 4 is 17.6 Å². The average Bonchev–Trinajstić information content (AvgIpc) is 4.08. The summed E-state index contributed by atoms with van der Waals surface area (Å²) >= 11 is 6.75. The third-order valence-electron chi connectivity index (χ3n) is 10.1. The molecule has 2 amide bonds. The lowest BCUT2D eigenvalue weighted by Crippen LogP contribution is -2.50. The molecule has 2 aliphatic carbocycles. The van der Waals surface area contributed by atoms with E-state index in [0.717, 1.165) is 80.5 Å². The number of aliphatic hydroxyl groups is 5. The molecule has 0 saturated heterocycles. The van der Waals surface area contributed by atoms with Gasteiger partial charge in [0.25, 0.3) is 0 Å². The number of ether oxygens (including phenoxy) is 1. The fraction of sp³-hybridized carbons (Fsp3) is 0.538. The van der Waals surface area contributed by atoms with Crippen LogP contribution in [0.2, 0.25) is 5.02 Å². The van der Waals surface area contributed by atoms with Crippen molar-refractivity contribution in [3.63, 3.8) is 0 Å². The van der Waals surface area contributed by atoms with E-state index in [2.05, 4.69) is 65.1 Å². The molecule has 2 aliphatic rings. The summed E-state index contributed by atoms with van der Waals surface area (Å²) in [5, 5.41) is 53.7. The molecule has 0 bridgehead atoms. The summed E-state index contributed by atoms with van der Waals surface area (Å²) in [4.78, 5) is 16.6. The van der Waals surface area contributed by atoms with Gasteiger partial charge in [-0.2, -0.15) is 0 Å². The molecule has 10 nitrogen and oxygen atoms in total. The minimum Gasteiger partial charge on any atom is -0.490 e. The van der Waals surface area contributed by atoms with Crippen LogP contribution in [0.15, 0.2) is 60.9 Å². The zero-order valence-electron chi connectivity index (χ0n) is 28.8. The standard InChI is InChI=1S/C39H52ClN3O7/c1-25(7-3-2-6-19-42-38(49)43-23-33(45)36(47)37(48)34(46)24-44)26-10-13-32(40)27(21-26)14-16-39(17-18-39)31-22-41-20-15-29(31)30-8-4-5-9-35(30)50-28-11-12-28/h4-5,8-10,13,15,20-22,25,28,33-34,36-37,44-48H,2-3,6-7,11-12,14,16-19,23-24H2,1H3,(H2,42,43,49)/t25?,33-,34+,36+,37+/m0/s1. The Morgan fingerprint density at radius 2 is 1.74 bits per heavy atom. The number of carbonyl (C=O) groups excluding carboxylic acids is 1. The number of hydrogen-bond acceptors (Lipinski definition) is 8. The maximum atomic E-state index is 12.1. The lowest BCUT2D eigenvalue weighted by Gasteiger charge is -2.25. The number of halogens is 1. The Morgan fingerprint density at radius 3 is 2.48 bits per heavy atom. The second kappa shape index (κ2) is 17.8. The van der Waals surface area contributed by atoms with E-state index in [1.165, 1.54) is 22.3 Å². The van der Waals surface area contributed by atoms with Gasteiger partial charge in [0.15, 0.2) is 0 Å². The zero-order valence-corrected chi connectivity index (χ0v) is 29.6. The van der Waals surface area contributed by atoms with Crippen LogP contribution >= 0.6 is 11.6 Å². The highest BCUT2D eigenvalue weighted by Crippen LogP contribution is 2.55. The highest BCUT2D eigenvalue weighted by molar-refractivity contribution is 6.31. The Kier molecular flexibility index (Phi) is 13.5. The number of urea groups is 1. The maximum absolute atomic E-state index is 12.1. The fourth-order valence-electron chi connectivity index (χ4n) is 6.55. The number of aromatic nitrogens is 1. The number of nitrogens with one attached hydrogen (secondary N) is 2. The van der Waals surface area contributed by atoms with Crippen LogP contribution in [-0.2, 0) is 11.8 Å². The molecule has 2 aromatic carbocycles. The number of pyridine rings is 1. The number of benzene rings is 2. The van der Waals surface area contributed by atoms with E-state index in [1.807, 2.05) is 18.3 Å². The van der Waals surface area contributed by atoms with Gasteiger partial charge < -0.3 is 40.9 Å². The Morgan fingerprint density at radius 1 is 0.980 bits per heavy atom. The van der Waals surface area contributed by atoms with E-state index >= 15 is 0 Å². The second-order valence-electron chi connectivity index (χ2n) is 14.1. The molecule has 5 atom stereocenters. The number of carbonyl (C=O) groups is 1. The van der Waals surface area contributed by atoms with Gasteiger partial charge in [-0.15, -0.1) is 0 Å². The van der Waals surface area contributed by atoms with E-state index in [-0.39, 0.29) is 12.0 Å². The van der Waals surface area contributed by atoms with Gasteiger partial charge in [0, 0.05) is 36.1 Å². The van der Waals surface area contributed by atoms with E-state index < -0.39 is 37.1 Å². The van der Waals surface area contributed by atoms with Gasteiger partial charge >= 0.3 is 6.03 Å². The van der Waals surface area contributed by atoms with Crippen molar-refractivity contribution in [2.75, 3.05) is 19.7 Å². The lowest BCUT2D eigenvalue weighted by molar-refractivity contribution is -0.113. The van der Waals surface area contributed by atoms with Crippen molar-refractivity contribution in [1.29, 1.82) is 0 Å². The molecule has 50 heavy (non-hydrogen) atoms. The SMILES string of the molecule is CC(CCCCCNC(=O)NC[C@H](O)[C@@H](O)[C@H](O)[C@H](O)CO)c1ccc(Cl)c(CCC2(c3cnccc3-c3ccccc3OC3CC3)CC2)c1. The first-order chi connectivity index (χ1) is 24.1. The molecule has 2 fully saturated rings. The van der Waals surface area contributed by atoms with Gasteiger partial charge in [0.2, 0.25) is 0 Å². The van der Waals surface area contributed by atoms with Crippen LogP contribution in [0, 0.1) is 0 Å². The highest BCUT2D eigenvalue weighted by atomic mass is 35.5. The predicted octanol–water partition coefficient (Wildman–Crippen LogP) is 5.01. The van der Waals surface area contributed by atoms with Crippen molar-refractivity contribution in [1.82, 2.24) is 15.6 Å². The largest absolute Gasteiger partial charge is 0.490 e. The molecule has 0 radical (unpaired) electrons. The number of hydrogen-bond donors (Lipinski definition) is 7. The first-order valence-electron chi connectivity index (χ1n) is 18.0. The molecule has 272 valence electrons. The van der Waals surface area contributed by atoms with Crippen LogP contribution in [0.3, 0.4) is 0 Å². The van der Waals surface area contributed by atoms with Crippen molar-refractivity contribution in [2.45, 2.75) is 113 Å². The topological polar surface area (TPSA) is 164 Å². The summed E-state index contributed by atoms with van der Waals surface area (Å²) in [7, 11) is 0. The summed E-state index contributed by atoms with van der Waals surface area (Å²) < 4.78 is 6.28. The van der Waals surface area contributed by atoms with E-state index in [0.29, 0.717) is 18.6 Å². The monoisotopic (exact) mass is 709 g/mol.